The Morgan fingerprint density at radius 3 is 2.88 bits per heavy atom. The number of nitrogens with zero attached hydrogens (tertiary/aromatic N) is 2. The van der Waals surface area contributed by atoms with Crippen molar-refractivity contribution in [1.29, 1.82) is 0 Å². The highest BCUT2D eigenvalue weighted by Gasteiger charge is 2.25. The largest absolute Gasteiger partial charge is 0.455 e. The summed E-state index contributed by atoms with van der Waals surface area (Å²) in [5, 5.41) is 0. The number of carbonyl (C=O) groups excluding carboxylic acids is 1. The first-order valence-electron chi connectivity index (χ1n) is 8.13. The summed E-state index contributed by atoms with van der Waals surface area (Å²) in [6, 6.07) is 7.50. The van der Waals surface area contributed by atoms with Crippen molar-refractivity contribution in [3.8, 4) is 0 Å². The van der Waals surface area contributed by atoms with E-state index in [0.29, 0.717) is 18.8 Å². The fourth-order valence-corrected chi connectivity index (χ4v) is 3.27. The fraction of sp³-hybridized carbons (Fsp3) is 0.444. The van der Waals surface area contributed by atoms with E-state index in [0.717, 1.165) is 36.5 Å². The Hall–Kier alpha value is -1.79. The molecule has 0 bridgehead atoms. The van der Waals surface area contributed by atoms with Crippen LogP contribution in [0.15, 0.2) is 41.1 Å². The van der Waals surface area contributed by atoms with Gasteiger partial charge in [-0.25, -0.2) is 0 Å². The second-order valence-corrected chi connectivity index (χ2v) is 6.74. The van der Waals surface area contributed by atoms with Crippen LogP contribution in [0.3, 0.4) is 0 Å². The van der Waals surface area contributed by atoms with E-state index in [1.165, 1.54) is 0 Å². The molecule has 1 aliphatic heterocycles. The molecule has 3 rings (SSSR count). The van der Waals surface area contributed by atoms with E-state index in [1.54, 1.807) is 30.2 Å². The van der Waals surface area contributed by atoms with Crippen LogP contribution in [0.1, 0.15) is 34.7 Å². The number of hydrogen-bond donors (Lipinski definition) is 0. The van der Waals surface area contributed by atoms with Crippen molar-refractivity contribution in [2.75, 3.05) is 19.4 Å². The van der Waals surface area contributed by atoms with Crippen LogP contribution in [0.5, 0.6) is 0 Å². The highest BCUT2D eigenvalue weighted by Crippen LogP contribution is 2.19. The summed E-state index contributed by atoms with van der Waals surface area (Å²) in [7, 11) is 0. The van der Waals surface area contributed by atoms with Gasteiger partial charge in [0.2, 0.25) is 0 Å². The van der Waals surface area contributed by atoms with E-state index in [9.17, 15) is 4.79 Å². The van der Waals surface area contributed by atoms with Gasteiger partial charge < -0.3 is 14.1 Å². The van der Waals surface area contributed by atoms with E-state index in [2.05, 4.69) is 4.98 Å². The summed E-state index contributed by atoms with van der Waals surface area (Å²) >= 11 is 1.67. The molecular weight excluding hydrogens is 324 g/mol. The molecule has 5 nitrogen and oxygen atoms in total. The molecular formula is C18H22N2O3S. The first-order valence-corrected chi connectivity index (χ1v) is 9.53. The summed E-state index contributed by atoms with van der Waals surface area (Å²) in [5.74, 6) is 1.90. The quantitative estimate of drug-likeness (QED) is 0.769. The van der Waals surface area contributed by atoms with Gasteiger partial charge in [-0.2, -0.15) is 11.8 Å². The zero-order valence-electron chi connectivity index (χ0n) is 13.8. The second-order valence-electron chi connectivity index (χ2n) is 5.88. The number of rotatable bonds is 7. The zero-order valence-corrected chi connectivity index (χ0v) is 14.6. The maximum atomic E-state index is 12.9. The molecule has 1 aliphatic rings. The number of furan rings is 1. The van der Waals surface area contributed by atoms with E-state index in [-0.39, 0.29) is 12.0 Å². The van der Waals surface area contributed by atoms with Gasteiger partial charge in [0.1, 0.15) is 5.76 Å². The smallest absolute Gasteiger partial charge is 0.289 e. The molecule has 1 atom stereocenters. The van der Waals surface area contributed by atoms with E-state index in [4.69, 9.17) is 9.15 Å². The SMILES string of the molecule is CSCc1ccc(C(=O)N(Cc2ccncc2)C[C@@H]2CCCO2)o1. The molecule has 0 aliphatic carbocycles. The summed E-state index contributed by atoms with van der Waals surface area (Å²) in [6.07, 6.45) is 7.66. The van der Waals surface area contributed by atoms with Gasteiger partial charge in [-0.1, -0.05) is 0 Å². The maximum Gasteiger partial charge on any atom is 0.289 e. The summed E-state index contributed by atoms with van der Waals surface area (Å²) < 4.78 is 11.4. The molecule has 0 spiro atoms. The number of aromatic nitrogens is 1. The zero-order chi connectivity index (χ0) is 16.8. The molecule has 2 aromatic rings. The van der Waals surface area contributed by atoms with E-state index < -0.39 is 0 Å². The predicted octanol–water partition coefficient (Wildman–Crippen LogP) is 3.36. The van der Waals surface area contributed by atoms with Gasteiger partial charge in [-0.05, 0) is 48.9 Å². The van der Waals surface area contributed by atoms with Crippen molar-refractivity contribution in [1.82, 2.24) is 9.88 Å². The molecule has 6 heteroatoms. The lowest BCUT2D eigenvalue weighted by Crippen LogP contribution is -2.36. The van der Waals surface area contributed by atoms with Crippen molar-refractivity contribution in [2.24, 2.45) is 0 Å². The third-order valence-corrected chi connectivity index (χ3v) is 4.59. The third kappa shape index (κ3) is 4.39. The lowest BCUT2D eigenvalue weighted by atomic mass is 10.2. The van der Waals surface area contributed by atoms with Crippen molar-refractivity contribution in [2.45, 2.75) is 31.2 Å². The van der Waals surface area contributed by atoms with Gasteiger partial charge in [0.15, 0.2) is 5.76 Å². The van der Waals surface area contributed by atoms with Crippen molar-refractivity contribution < 1.29 is 13.9 Å². The first kappa shape index (κ1) is 17.0. The fourth-order valence-electron chi connectivity index (χ4n) is 2.83. The lowest BCUT2D eigenvalue weighted by Gasteiger charge is -2.24. The van der Waals surface area contributed by atoms with Crippen molar-refractivity contribution in [3.63, 3.8) is 0 Å². The number of pyridine rings is 1. The molecule has 24 heavy (non-hydrogen) atoms. The molecule has 0 radical (unpaired) electrons. The van der Waals surface area contributed by atoms with Gasteiger partial charge >= 0.3 is 0 Å². The van der Waals surface area contributed by atoms with Gasteiger partial charge in [-0.15, -0.1) is 0 Å². The molecule has 0 aromatic carbocycles. The van der Waals surface area contributed by atoms with Crippen LogP contribution in [0.2, 0.25) is 0 Å². The second kappa shape index (κ2) is 8.35. The number of carbonyl (C=O) groups is 1. The molecule has 0 N–H and O–H groups in total. The average molecular weight is 346 g/mol. The minimum Gasteiger partial charge on any atom is -0.455 e. The maximum absolute atomic E-state index is 12.9. The number of hydrogen-bond acceptors (Lipinski definition) is 5. The number of thioether (sulfide) groups is 1. The Balaban J connectivity index is 1.75. The van der Waals surface area contributed by atoms with Crippen molar-refractivity contribution >= 4 is 17.7 Å². The Labute approximate surface area is 146 Å². The van der Waals surface area contributed by atoms with Crippen LogP contribution in [-0.2, 0) is 17.0 Å². The highest BCUT2D eigenvalue weighted by atomic mass is 32.2. The molecule has 0 saturated carbocycles. The Kier molecular flexibility index (Phi) is 5.93. The molecule has 1 amide bonds. The number of amides is 1. The van der Waals surface area contributed by atoms with E-state index >= 15 is 0 Å². The molecule has 3 heterocycles. The molecule has 128 valence electrons. The molecule has 0 unspecified atom stereocenters. The Morgan fingerprint density at radius 2 is 2.17 bits per heavy atom. The highest BCUT2D eigenvalue weighted by molar-refractivity contribution is 7.97. The molecule has 1 fully saturated rings. The molecule has 2 aromatic heterocycles. The van der Waals surface area contributed by atoms with Crippen LogP contribution in [0.25, 0.3) is 0 Å². The topological polar surface area (TPSA) is 55.6 Å². The van der Waals surface area contributed by atoms with Crippen LogP contribution < -0.4 is 0 Å². The lowest BCUT2D eigenvalue weighted by molar-refractivity contribution is 0.0483. The Bertz CT molecular complexity index is 653. The van der Waals surface area contributed by atoms with Crippen molar-refractivity contribution in [3.05, 3.63) is 53.7 Å². The monoisotopic (exact) mass is 346 g/mol. The summed E-state index contributed by atoms with van der Waals surface area (Å²) in [6.45, 7) is 1.89. The van der Waals surface area contributed by atoms with Crippen LogP contribution in [-0.4, -0.2) is 41.3 Å². The average Bonchev–Trinajstić information content (AvgIpc) is 3.27. The van der Waals surface area contributed by atoms with Gasteiger partial charge in [0, 0.05) is 32.1 Å². The molecule has 1 saturated heterocycles. The van der Waals surface area contributed by atoms with Gasteiger partial charge in [0.25, 0.3) is 5.91 Å². The van der Waals surface area contributed by atoms with Gasteiger partial charge in [-0.3, -0.25) is 9.78 Å². The van der Waals surface area contributed by atoms with E-state index in [1.807, 2.05) is 29.4 Å². The summed E-state index contributed by atoms with van der Waals surface area (Å²) in [4.78, 5) is 18.8. The van der Waals surface area contributed by atoms with Crippen LogP contribution >= 0.6 is 11.8 Å². The summed E-state index contributed by atoms with van der Waals surface area (Å²) in [5.41, 5.74) is 1.05. The normalized spacial score (nSPS) is 17.1. The van der Waals surface area contributed by atoms with Crippen LogP contribution in [0.4, 0.5) is 0 Å². The van der Waals surface area contributed by atoms with Gasteiger partial charge in [0.05, 0.1) is 11.9 Å². The predicted molar refractivity (Wildman–Crippen MR) is 93.9 cm³/mol. The standard InChI is InChI=1S/C18H22N2O3S/c1-24-13-16-4-5-17(23-16)18(21)20(12-15-3-2-10-22-15)11-14-6-8-19-9-7-14/h4-9,15H,2-3,10-13H2,1H3/t15-/m0/s1. The first-order chi connectivity index (χ1) is 11.8. The number of ether oxygens (including phenoxy) is 1. The van der Waals surface area contributed by atoms with Crippen LogP contribution in [0, 0.1) is 0 Å². The minimum absolute atomic E-state index is 0.0883. The Morgan fingerprint density at radius 1 is 1.33 bits per heavy atom. The minimum atomic E-state index is -0.0883. The third-order valence-electron chi connectivity index (χ3n) is 4.02.